The summed E-state index contributed by atoms with van der Waals surface area (Å²) in [4.78, 5) is 39.3. The van der Waals surface area contributed by atoms with Crippen LogP contribution < -0.4 is 10.6 Å². The maximum Gasteiger partial charge on any atom is 0.253 e. The van der Waals surface area contributed by atoms with E-state index in [0.717, 1.165) is 18.4 Å². The summed E-state index contributed by atoms with van der Waals surface area (Å²) in [6.07, 6.45) is 2.10. The van der Waals surface area contributed by atoms with Crippen LogP contribution in [0.25, 0.3) is 0 Å². The summed E-state index contributed by atoms with van der Waals surface area (Å²) in [5.74, 6) is -0.366. The summed E-state index contributed by atoms with van der Waals surface area (Å²) < 4.78 is 0. The minimum Gasteiger partial charge on any atom is -0.357 e. The van der Waals surface area contributed by atoms with E-state index in [0.29, 0.717) is 31.0 Å². The molecule has 1 heterocycles. The van der Waals surface area contributed by atoms with Gasteiger partial charge in [0, 0.05) is 25.7 Å². The Kier molecular flexibility index (Phi) is 7.39. The monoisotopic (exact) mass is 373 g/mol. The van der Waals surface area contributed by atoms with Gasteiger partial charge in [-0.05, 0) is 44.2 Å². The summed E-state index contributed by atoms with van der Waals surface area (Å²) in [6.45, 7) is 7.06. The molecule has 6 nitrogen and oxygen atoms in total. The van der Waals surface area contributed by atoms with Crippen molar-refractivity contribution in [1.29, 1.82) is 0 Å². The van der Waals surface area contributed by atoms with Crippen molar-refractivity contribution in [3.8, 4) is 0 Å². The van der Waals surface area contributed by atoms with E-state index >= 15 is 0 Å². The molecule has 2 rings (SSSR count). The van der Waals surface area contributed by atoms with Gasteiger partial charge in [-0.1, -0.05) is 31.5 Å². The third-order valence-corrected chi connectivity index (χ3v) is 4.96. The zero-order valence-corrected chi connectivity index (χ0v) is 16.7. The molecular weight excluding hydrogens is 342 g/mol. The number of nitrogens with zero attached hydrogens (tertiary/aromatic N) is 1. The lowest BCUT2D eigenvalue weighted by Gasteiger charge is -2.33. The summed E-state index contributed by atoms with van der Waals surface area (Å²) in [5.41, 5.74) is 1.75. The Morgan fingerprint density at radius 3 is 2.44 bits per heavy atom. The van der Waals surface area contributed by atoms with Crippen LogP contribution in [0.1, 0.15) is 49.0 Å². The van der Waals surface area contributed by atoms with E-state index in [1.165, 1.54) is 0 Å². The Morgan fingerprint density at radius 1 is 1.19 bits per heavy atom. The van der Waals surface area contributed by atoms with Gasteiger partial charge in [0.1, 0.15) is 6.04 Å². The highest BCUT2D eigenvalue weighted by atomic mass is 16.2. The molecule has 2 N–H and O–H groups in total. The minimum atomic E-state index is -0.536. The van der Waals surface area contributed by atoms with Crippen molar-refractivity contribution in [2.45, 2.75) is 46.1 Å². The summed E-state index contributed by atoms with van der Waals surface area (Å²) in [5, 5.41) is 5.50. The van der Waals surface area contributed by atoms with Gasteiger partial charge in [-0.25, -0.2) is 0 Å². The molecule has 0 saturated carbocycles. The molecule has 1 fully saturated rings. The maximum atomic E-state index is 12.7. The second kappa shape index (κ2) is 9.53. The van der Waals surface area contributed by atoms with E-state index in [-0.39, 0.29) is 23.6 Å². The zero-order chi connectivity index (χ0) is 20.0. The second-order valence-corrected chi connectivity index (χ2v) is 7.76. The number of benzene rings is 1. The largest absolute Gasteiger partial charge is 0.357 e. The maximum absolute atomic E-state index is 12.7. The van der Waals surface area contributed by atoms with Crippen LogP contribution in [0.2, 0.25) is 0 Å². The highest BCUT2D eigenvalue weighted by molar-refractivity contribution is 5.95. The average molecular weight is 373 g/mol. The van der Waals surface area contributed by atoms with Crippen LogP contribution in [0.15, 0.2) is 24.3 Å². The second-order valence-electron chi connectivity index (χ2n) is 7.76. The number of piperidine rings is 1. The molecule has 1 aromatic carbocycles. The first-order valence-electron chi connectivity index (χ1n) is 9.69. The van der Waals surface area contributed by atoms with Crippen LogP contribution in [0.5, 0.6) is 0 Å². The van der Waals surface area contributed by atoms with Crippen LogP contribution in [0, 0.1) is 18.8 Å². The predicted molar refractivity (Wildman–Crippen MR) is 105 cm³/mol. The molecule has 0 radical (unpaired) electrons. The number of hydrogen-bond acceptors (Lipinski definition) is 3. The van der Waals surface area contributed by atoms with Crippen LogP contribution >= 0.6 is 0 Å². The van der Waals surface area contributed by atoms with Gasteiger partial charge in [-0.2, -0.15) is 0 Å². The molecule has 2 atom stereocenters. The number of likely N-dealkylation sites (tertiary alicyclic amines) is 1. The van der Waals surface area contributed by atoms with Gasteiger partial charge >= 0.3 is 0 Å². The molecule has 0 bridgehead atoms. The first-order valence-corrected chi connectivity index (χ1v) is 9.69. The lowest BCUT2D eigenvalue weighted by Crippen LogP contribution is -2.51. The van der Waals surface area contributed by atoms with E-state index in [4.69, 9.17) is 0 Å². The highest BCUT2D eigenvalue weighted by Crippen LogP contribution is 2.20. The third kappa shape index (κ3) is 5.81. The molecule has 1 aliphatic rings. The van der Waals surface area contributed by atoms with E-state index in [1.54, 1.807) is 11.9 Å². The Balaban J connectivity index is 2.01. The van der Waals surface area contributed by atoms with E-state index in [1.807, 2.05) is 45.0 Å². The van der Waals surface area contributed by atoms with Crippen molar-refractivity contribution in [2.75, 3.05) is 20.1 Å². The number of aryl methyl sites for hydroxylation is 1. The Bertz CT molecular complexity index is 670. The summed E-state index contributed by atoms with van der Waals surface area (Å²) in [7, 11) is 1.57. The molecule has 0 aliphatic carbocycles. The number of carbonyl (C=O) groups excluding carboxylic acids is 3. The number of carbonyl (C=O) groups is 3. The molecule has 1 saturated heterocycles. The van der Waals surface area contributed by atoms with Crippen molar-refractivity contribution in [3.05, 3.63) is 35.4 Å². The molecule has 148 valence electrons. The molecule has 6 heteroatoms. The lowest BCUT2D eigenvalue weighted by atomic mass is 9.95. The number of rotatable bonds is 6. The van der Waals surface area contributed by atoms with Gasteiger partial charge in [0.25, 0.3) is 5.91 Å². The highest BCUT2D eigenvalue weighted by Gasteiger charge is 2.31. The van der Waals surface area contributed by atoms with Crippen LogP contribution in [-0.4, -0.2) is 48.8 Å². The van der Waals surface area contributed by atoms with Crippen molar-refractivity contribution < 1.29 is 14.4 Å². The number of hydrogen-bond donors (Lipinski definition) is 2. The van der Waals surface area contributed by atoms with Crippen LogP contribution in [-0.2, 0) is 9.59 Å². The Morgan fingerprint density at radius 2 is 1.85 bits per heavy atom. The third-order valence-electron chi connectivity index (χ3n) is 4.96. The topological polar surface area (TPSA) is 78.5 Å². The molecule has 3 amide bonds. The number of amides is 3. The van der Waals surface area contributed by atoms with Crippen molar-refractivity contribution in [3.63, 3.8) is 0 Å². The molecule has 2 unspecified atom stereocenters. The van der Waals surface area contributed by atoms with E-state index in [9.17, 15) is 14.4 Å². The molecule has 1 aromatic rings. The predicted octanol–water partition coefficient (Wildman–Crippen LogP) is 2.12. The van der Waals surface area contributed by atoms with Gasteiger partial charge in [0.05, 0.1) is 5.92 Å². The minimum absolute atomic E-state index is 0.0440. The quantitative estimate of drug-likeness (QED) is 0.802. The SMILES string of the molecule is CNC(=O)C(CC(C)C)NC(=O)C1CCCN(C(=O)c2ccc(C)cc2)C1. The smallest absolute Gasteiger partial charge is 0.253 e. The number of likely N-dealkylation sites (N-methyl/N-ethyl adjacent to an activating group) is 1. The normalized spacial score (nSPS) is 18.1. The van der Waals surface area contributed by atoms with Gasteiger partial charge in [0.2, 0.25) is 11.8 Å². The van der Waals surface area contributed by atoms with Crippen LogP contribution in [0.4, 0.5) is 0 Å². The van der Waals surface area contributed by atoms with Crippen molar-refractivity contribution in [2.24, 2.45) is 11.8 Å². The lowest BCUT2D eigenvalue weighted by molar-refractivity contribution is -0.132. The van der Waals surface area contributed by atoms with E-state index in [2.05, 4.69) is 10.6 Å². The first-order chi connectivity index (χ1) is 12.8. The van der Waals surface area contributed by atoms with Gasteiger partial charge < -0.3 is 15.5 Å². The molecular formula is C21H31N3O3. The summed E-state index contributed by atoms with van der Waals surface area (Å²) >= 11 is 0. The van der Waals surface area contributed by atoms with Crippen LogP contribution in [0.3, 0.4) is 0 Å². The summed E-state index contributed by atoms with van der Waals surface area (Å²) in [6, 6.07) is 6.95. The van der Waals surface area contributed by atoms with Gasteiger partial charge in [-0.15, -0.1) is 0 Å². The van der Waals surface area contributed by atoms with Gasteiger partial charge in [-0.3, -0.25) is 14.4 Å². The Labute approximate surface area is 161 Å². The van der Waals surface area contributed by atoms with Crippen molar-refractivity contribution in [1.82, 2.24) is 15.5 Å². The number of nitrogens with one attached hydrogen (secondary N) is 2. The fraction of sp³-hybridized carbons (Fsp3) is 0.571. The molecule has 27 heavy (non-hydrogen) atoms. The molecule has 0 aromatic heterocycles. The fourth-order valence-electron chi connectivity index (χ4n) is 3.42. The zero-order valence-electron chi connectivity index (χ0n) is 16.7. The molecule has 1 aliphatic heterocycles. The standard InChI is InChI=1S/C21H31N3O3/c1-14(2)12-18(20(26)22-4)23-19(25)17-6-5-11-24(13-17)21(27)16-9-7-15(3)8-10-16/h7-10,14,17-18H,5-6,11-13H2,1-4H3,(H,22,26)(H,23,25). The Hall–Kier alpha value is -2.37. The average Bonchev–Trinajstić information content (AvgIpc) is 2.66. The van der Waals surface area contributed by atoms with E-state index < -0.39 is 6.04 Å². The van der Waals surface area contributed by atoms with Gasteiger partial charge in [0.15, 0.2) is 0 Å². The first kappa shape index (κ1) is 20.9. The molecule has 0 spiro atoms. The van der Waals surface area contributed by atoms with Crippen molar-refractivity contribution >= 4 is 17.7 Å². The fourth-order valence-corrected chi connectivity index (χ4v) is 3.42.